The maximum Gasteiger partial charge on any atom is 0.242 e. The van der Waals surface area contributed by atoms with Crippen molar-refractivity contribution >= 4 is 38.7 Å². The number of rotatable bonds is 3. The Morgan fingerprint density at radius 1 is 0.829 bits per heavy atom. The van der Waals surface area contributed by atoms with Crippen molar-refractivity contribution < 1.29 is 30.4 Å². The molecule has 200 valence electrons. The third kappa shape index (κ3) is 4.61. The van der Waals surface area contributed by atoms with Crippen molar-refractivity contribution in [2.75, 3.05) is 0 Å². The van der Waals surface area contributed by atoms with E-state index in [1.807, 2.05) is 99.6 Å². The van der Waals surface area contributed by atoms with Gasteiger partial charge in [-0.05, 0) is 23.6 Å². The Morgan fingerprint density at radius 3 is 2.51 bits per heavy atom. The molecule has 0 spiro atoms. The molecule has 0 atom stereocenters. The second-order valence-electron chi connectivity index (χ2n) is 9.29. The molecule has 3 heterocycles. The topological polar surface area (TPSA) is 59.1 Å². The van der Waals surface area contributed by atoms with Crippen LogP contribution in [0.3, 0.4) is 0 Å². The van der Waals surface area contributed by atoms with E-state index in [2.05, 4.69) is 47.7 Å². The van der Waals surface area contributed by atoms with Gasteiger partial charge in [0.2, 0.25) is 6.33 Å². The SMILES string of the molecule is Cn1[c-][n+](-c2[c-]c(Oc3[c-]c4c(cc3)c3ccccc3n4C3=N/C=C\C=C/C=C\3C#N)ccc2)c2ccccc21.[Pt]. The largest absolute Gasteiger partial charge is 0.510 e. The third-order valence-corrected chi connectivity index (χ3v) is 6.85. The smallest absolute Gasteiger partial charge is 0.242 e. The van der Waals surface area contributed by atoms with Gasteiger partial charge in [0.1, 0.15) is 6.07 Å². The molecule has 0 saturated carbocycles. The molecule has 0 radical (unpaired) electrons. The van der Waals surface area contributed by atoms with Crippen LogP contribution < -0.4 is 9.30 Å². The normalized spacial score (nSPS) is 17.0. The molecule has 0 fully saturated rings. The molecule has 7 rings (SSSR count). The maximum absolute atomic E-state index is 9.94. The number of nitrogens with zero attached hydrogens (tertiary/aromatic N) is 5. The minimum atomic E-state index is 0. The molecule has 0 aliphatic carbocycles. The predicted molar refractivity (Wildman–Crippen MR) is 155 cm³/mol. The molecule has 0 unspecified atom stereocenters. The summed E-state index contributed by atoms with van der Waals surface area (Å²) in [4.78, 5) is 4.65. The van der Waals surface area contributed by atoms with E-state index in [0.717, 1.165) is 38.5 Å². The minimum absolute atomic E-state index is 0. The summed E-state index contributed by atoms with van der Waals surface area (Å²) >= 11 is 0. The molecule has 6 nitrogen and oxygen atoms in total. The zero-order valence-electron chi connectivity index (χ0n) is 21.9. The van der Waals surface area contributed by atoms with Gasteiger partial charge in [-0.3, -0.25) is 0 Å². The number of allylic oxidation sites excluding steroid dienone is 5. The van der Waals surface area contributed by atoms with Crippen molar-refractivity contribution in [3.63, 3.8) is 0 Å². The number of imidazole rings is 1. The molecule has 7 heteroatoms. The summed E-state index contributed by atoms with van der Waals surface area (Å²) < 4.78 is 12.2. The van der Waals surface area contributed by atoms with Gasteiger partial charge in [0.25, 0.3) is 0 Å². The first kappa shape index (κ1) is 26.3. The van der Waals surface area contributed by atoms with Crippen LogP contribution in [0.15, 0.2) is 120 Å². The Kier molecular flexibility index (Phi) is 6.97. The monoisotopic (exact) mass is 710 g/mol. The van der Waals surface area contributed by atoms with Gasteiger partial charge in [0.05, 0.1) is 23.7 Å². The molecular formula is C34H21N5OPt-2. The maximum atomic E-state index is 9.94. The predicted octanol–water partition coefficient (Wildman–Crippen LogP) is 6.53. The average molecular weight is 711 g/mol. The Bertz CT molecular complexity index is 2120. The van der Waals surface area contributed by atoms with Gasteiger partial charge in [-0.25, -0.2) is 4.99 Å². The molecule has 4 aromatic carbocycles. The third-order valence-electron chi connectivity index (χ3n) is 6.85. The van der Waals surface area contributed by atoms with Gasteiger partial charge in [0, 0.05) is 44.3 Å². The summed E-state index contributed by atoms with van der Waals surface area (Å²) in [5.74, 6) is 1.61. The van der Waals surface area contributed by atoms with Crippen molar-refractivity contribution in [2.24, 2.45) is 12.0 Å². The van der Waals surface area contributed by atoms with Gasteiger partial charge in [-0.15, -0.1) is 29.7 Å². The summed E-state index contributed by atoms with van der Waals surface area (Å²) in [6, 6.07) is 35.0. The van der Waals surface area contributed by atoms with Crippen LogP contribution in [0.5, 0.6) is 11.5 Å². The van der Waals surface area contributed by atoms with E-state index in [4.69, 9.17) is 4.74 Å². The van der Waals surface area contributed by atoms with Crippen LogP contribution in [-0.4, -0.2) is 15.0 Å². The Balaban J connectivity index is 0.00000302. The fraction of sp³-hybridized carbons (Fsp3) is 0.0294. The first-order valence-corrected chi connectivity index (χ1v) is 12.8. The van der Waals surface area contributed by atoms with E-state index < -0.39 is 0 Å². The number of para-hydroxylation sites is 3. The number of aliphatic imine (C=N–C) groups is 1. The first-order valence-electron chi connectivity index (χ1n) is 12.8. The quantitative estimate of drug-likeness (QED) is 0.155. The van der Waals surface area contributed by atoms with E-state index in [1.165, 1.54) is 0 Å². The average Bonchev–Trinajstić information content (AvgIpc) is 3.48. The molecule has 0 N–H and O–H groups in total. The summed E-state index contributed by atoms with van der Waals surface area (Å²) in [7, 11) is 1.97. The number of aryl methyl sites for hydroxylation is 1. The molecule has 0 saturated heterocycles. The standard InChI is InChI=1S/C34H21N5O.Pt/c1-37-23-38(32-16-7-6-15-31(32)37)25-11-9-12-26(20-25)40-27-17-18-29-28-13-4-5-14-30(28)39(33(29)21-27)34-24(22-35)10-3-2-8-19-36-34;/h2-19H,1H3;/q-2;/b3-2-,8-2?,10-3?,19-8-,24-10-,34-24?,36-19?,36-34+;. The molecule has 41 heavy (non-hydrogen) atoms. The van der Waals surface area contributed by atoms with Gasteiger partial charge in [-0.1, -0.05) is 65.8 Å². The Morgan fingerprint density at radius 2 is 1.63 bits per heavy atom. The number of benzene rings is 4. The zero-order valence-corrected chi connectivity index (χ0v) is 24.1. The number of hydrogen-bond acceptors (Lipinski definition) is 3. The van der Waals surface area contributed by atoms with Crippen LogP contribution in [0.1, 0.15) is 0 Å². The van der Waals surface area contributed by atoms with Crippen LogP contribution in [0.25, 0.3) is 38.5 Å². The van der Waals surface area contributed by atoms with Gasteiger partial charge < -0.3 is 18.4 Å². The van der Waals surface area contributed by atoms with Crippen molar-refractivity contribution in [2.45, 2.75) is 0 Å². The number of hydrogen-bond donors (Lipinski definition) is 0. The second-order valence-corrected chi connectivity index (χ2v) is 9.29. The zero-order chi connectivity index (χ0) is 27.1. The number of fused-ring (bicyclic) bond motifs is 4. The van der Waals surface area contributed by atoms with E-state index in [1.54, 1.807) is 12.3 Å². The number of aromatic nitrogens is 3. The molecule has 1 aliphatic rings. The fourth-order valence-electron chi connectivity index (χ4n) is 5.07. The molecule has 6 aromatic rings. The molecule has 2 aromatic heterocycles. The van der Waals surface area contributed by atoms with E-state index in [-0.39, 0.29) is 21.1 Å². The van der Waals surface area contributed by atoms with E-state index in [0.29, 0.717) is 22.9 Å². The Labute approximate surface area is 251 Å². The van der Waals surface area contributed by atoms with Crippen molar-refractivity contribution in [1.82, 2.24) is 9.13 Å². The summed E-state index contributed by atoms with van der Waals surface area (Å²) in [5, 5.41) is 12.0. The van der Waals surface area contributed by atoms with Crippen LogP contribution in [-0.2, 0) is 28.1 Å². The molecule has 1 aliphatic heterocycles. The number of nitriles is 1. The summed E-state index contributed by atoms with van der Waals surface area (Å²) in [6.45, 7) is 0. The number of ether oxygens (including phenoxy) is 1. The Hall–Kier alpha value is -4.98. The van der Waals surface area contributed by atoms with Gasteiger partial charge >= 0.3 is 0 Å². The van der Waals surface area contributed by atoms with Crippen LogP contribution >= 0.6 is 0 Å². The van der Waals surface area contributed by atoms with Crippen molar-refractivity contribution in [3.8, 4) is 23.3 Å². The molecule has 0 bridgehead atoms. The molecule has 0 amide bonds. The second kappa shape index (κ2) is 10.9. The summed E-state index contributed by atoms with van der Waals surface area (Å²) in [5.41, 5.74) is 5.07. The van der Waals surface area contributed by atoms with Crippen LogP contribution in [0.2, 0.25) is 0 Å². The van der Waals surface area contributed by atoms with E-state index in [9.17, 15) is 5.26 Å². The van der Waals surface area contributed by atoms with Crippen LogP contribution in [0, 0.1) is 29.8 Å². The summed E-state index contributed by atoms with van der Waals surface area (Å²) in [6.07, 6.45) is 12.3. The van der Waals surface area contributed by atoms with Crippen LogP contribution in [0.4, 0.5) is 0 Å². The minimum Gasteiger partial charge on any atom is -0.510 e. The van der Waals surface area contributed by atoms with E-state index >= 15 is 0 Å². The molecular weight excluding hydrogens is 689 g/mol. The van der Waals surface area contributed by atoms with Gasteiger partial charge in [-0.2, -0.15) is 23.5 Å². The fourth-order valence-corrected chi connectivity index (χ4v) is 5.07. The van der Waals surface area contributed by atoms with Gasteiger partial charge in [0.15, 0.2) is 5.84 Å². The van der Waals surface area contributed by atoms with Crippen molar-refractivity contribution in [3.05, 3.63) is 133 Å². The van der Waals surface area contributed by atoms with Crippen molar-refractivity contribution in [1.29, 1.82) is 5.26 Å². The first-order chi connectivity index (χ1) is 19.7.